The predicted molar refractivity (Wildman–Crippen MR) is 204 cm³/mol. The first kappa shape index (κ1) is 33.9. The number of benzene rings is 6. The third kappa shape index (κ3) is 7.31. The standard InChI is InChI=1S/C45H38N2O5/c48-43-42(52-44(49)47(43)45(38-15-7-2-8-16-38,39-17-9-3-10-18-39)40-19-11-4-12-20-40)33-35-23-27-41(28-24-35)50-31-32-51-46-30-29-34-21-25-37(26-22-34)36-13-5-1-6-14-36/h1-30,46,48H,31-33H2. The lowest BCUT2D eigenvalue weighted by Crippen LogP contribution is -2.42. The number of aromatic nitrogens is 1. The van der Waals surface area contributed by atoms with Gasteiger partial charge < -0.3 is 14.3 Å². The van der Waals surface area contributed by atoms with Crippen LogP contribution in [0.2, 0.25) is 0 Å². The van der Waals surface area contributed by atoms with Gasteiger partial charge in [-0.25, -0.2) is 9.36 Å². The molecule has 0 atom stereocenters. The molecule has 1 aromatic heterocycles. The predicted octanol–water partition coefficient (Wildman–Crippen LogP) is 8.82. The van der Waals surface area contributed by atoms with Crippen molar-refractivity contribution in [3.8, 4) is 22.8 Å². The number of aromatic hydroxyl groups is 1. The minimum Gasteiger partial charge on any atom is -0.492 e. The van der Waals surface area contributed by atoms with Gasteiger partial charge in [-0.3, -0.25) is 10.3 Å². The highest BCUT2D eigenvalue weighted by molar-refractivity contribution is 5.65. The Labute approximate surface area is 302 Å². The molecule has 0 saturated carbocycles. The molecule has 0 unspecified atom stereocenters. The van der Waals surface area contributed by atoms with E-state index in [1.54, 1.807) is 6.20 Å². The van der Waals surface area contributed by atoms with E-state index in [0.717, 1.165) is 27.8 Å². The van der Waals surface area contributed by atoms with E-state index >= 15 is 0 Å². The number of nitrogens with zero attached hydrogens (tertiary/aromatic N) is 1. The fourth-order valence-electron chi connectivity index (χ4n) is 6.49. The zero-order valence-electron chi connectivity index (χ0n) is 28.5. The molecule has 258 valence electrons. The van der Waals surface area contributed by atoms with Crippen LogP contribution in [0.25, 0.3) is 17.2 Å². The molecule has 0 aliphatic carbocycles. The Morgan fingerprint density at radius 1 is 0.635 bits per heavy atom. The Bertz CT molecular complexity index is 2150. The van der Waals surface area contributed by atoms with Crippen LogP contribution in [0.15, 0.2) is 185 Å². The van der Waals surface area contributed by atoms with Gasteiger partial charge in [-0.15, -0.1) is 0 Å². The van der Waals surface area contributed by atoms with Crippen LogP contribution in [0.3, 0.4) is 0 Å². The van der Waals surface area contributed by atoms with Crippen molar-refractivity contribution in [2.45, 2.75) is 12.0 Å². The molecular formula is C45H38N2O5. The zero-order valence-corrected chi connectivity index (χ0v) is 28.5. The maximum atomic E-state index is 13.8. The van der Waals surface area contributed by atoms with E-state index in [2.05, 4.69) is 41.9 Å². The molecule has 0 aliphatic rings. The summed E-state index contributed by atoms with van der Waals surface area (Å²) in [6.07, 6.45) is 3.89. The Hall–Kier alpha value is -6.57. The Balaban J connectivity index is 0.996. The van der Waals surface area contributed by atoms with Crippen LogP contribution >= 0.6 is 0 Å². The summed E-state index contributed by atoms with van der Waals surface area (Å²) in [5.41, 5.74) is 8.32. The van der Waals surface area contributed by atoms with Crippen LogP contribution < -0.4 is 16.0 Å². The van der Waals surface area contributed by atoms with Crippen molar-refractivity contribution in [3.05, 3.63) is 220 Å². The maximum absolute atomic E-state index is 13.8. The van der Waals surface area contributed by atoms with Crippen LogP contribution in [0, 0.1) is 0 Å². The van der Waals surface area contributed by atoms with Gasteiger partial charge in [0.2, 0.25) is 5.88 Å². The van der Waals surface area contributed by atoms with Gasteiger partial charge >= 0.3 is 5.76 Å². The normalized spacial score (nSPS) is 11.5. The summed E-state index contributed by atoms with van der Waals surface area (Å²) in [5.74, 6) is -0.0513. The maximum Gasteiger partial charge on any atom is 0.423 e. The number of hydroxylamine groups is 1. The number of ether oxygens (including phenoxy) is 1. The van der Waals surface area contributed by atoms with Crippen molar-refractivity contribution in [1.29, 1.82) is 0 Å². The minimum atomic E-state index is -1.19. The smallest absolute Gasteiger partial charge is 0.423 e. The first-order chi connectivity index (χ1) is 25.6. The van der Waals surface area contributed by atoms with Gasteiger partial charge in [0.25, 0.3) is 0 Å². The van der Waals surface area contributed by atoms with Crippen molar-refractivity contribution >= 4 is 6.08 Å². The highest BCUT2D eigenvalue weighted by atomic mass is 16.7. The SMILES string of the molecule is O=c1oc(Cc2ccc(OCCONC=Cc3ccc(-c4ccccc4)cc3)cc2)c(O)n1C(c1ccccc1)(c1ccccc1)c1ccccc1. The van der Waals surface area contributed by atoms with Gasteiger partial charge in [-0.2, -0.15) is 0 Å². The molecule has 7 rings (SSSR count). The zero-order chi connectivity index (χ0) is 35.6. The topological polar surface area (TPSA) is 85.9 Å². The molecule has 2 N–H and O–H groups in total. The molecule has 7 aromatic rings. The van der Waals surface area contributed by atoms with Crippen molar-refractivity contribution in [2.24, 2.45) is 0 Å². The van der Waals surface area contributed by atoms with Gasteiger partial charge in [-0.05, 0) is 57.2 Å². The van der Waals surface area contributed by atoms with Crippen molar-refractivity contribution in [1.82, 2.24) is 10.0 Å². The summed E-state index contributed by atoms with van der Waals surface area (Å²) < 4.78 is 13.0. The number of hydrogen-bond donors (Lipinski definition) is 2. The molecule has 0 radical (unpaired) electrons. The molecule has 1 heterocycles. The first-order valence-corrected chi connectivity index (χ1v) is 17.1. The summed E-state index contributed by atoms with van der Waals surface area (Å²) in [6, 6.07) is 55.1. The Kier molecular flexibility index (Phi) is 10.4. The molecule has 0 aliphatic heterocycles. The largest absolute Gasteiger partial charge is 0.492 e. The quantitative estimate of drug-likeness (QED) is 0.0676. The van der Waals surface area contributed by atoms with Gasteiger partial charge in [0, 0.05) is 12.6 Å². The lowest BCUT2D eigenvalue weighted by atomic mass is 9.76. The van der Waals surface area contributed by atoms with Crippen LogP contribution in [0.4, 0.5) is 0 Å². The highest BCUT2D eigenvalue weighted by Gasteiger charge is 2.43. The second kappa shape index (κ2) is 16.0. The lowest BCUT2D eigenvalue weighted by molar-refractivity contribution is 0.0484. The second-order valence-electron chi connectivity index (χ2n) is 12.2. The van der Waals surface area contributed by atoms with Gasteiger partial charge in [0.1, 0.15) is 24.5 Å². The third-order valence-corrected chi connectivity index (χ3v) is 8.95. The Morgan fingerprint density at radius 2 is 1.15 bits per heavy atom. The highest BCUT2D eigenvalue weighted by Crippen LogP contribution is 2.43. The molecular weight excluding hydrogens is 649 g/mol. The summed E-state index contributed by atoms with van der Waals surface area (Å²) in [6.45, 7) is 0.669. The van der Waals surface area contributed by atoms with Crippen molar-refractivity contribution in [3.63, 3.8) is 0 Å². The number of hydrogen-bond acceptors (Lipinski definition) is 6. The number of oxazole rings is 1. The van der Waals surface area contributed by atoms with Gasteiger partial charge in [0.15, 0.2) is 5.76 Å². The lowest BCUT2D eigenvalue weighted by Gasteiger charge is -2.36. The monoisotopic (exact) mass is 686 g/mol. The van der Waals surface area contributed by atoms with E-state index in [1.807, 2.05) is 140 Å². The number of nitrogens with one attached hydrogen (secondary N) is 1. The first-order valence-electron chi connectivity index (χ1n) is 17.1. The fraction of sp³-hybridized carbons (Fsp3) is 0.0889. The second-order valence-corrected chi connectivity index (χ2v) is 12.2. The van der Waals surface area contributed by atoms with Gasteiger partial charge in [-0.1, -0.05) is 158 Å². The summed E-state index contributed by atoms with van der Waals surface area (Å²) >= 11 is 0. The van der Waals surface area contributed by atoms with E-state index < -0.39 is 11.3 Å². The molecule has 0 saturated heterocycles. The van der Waals surface area contributed by atoms with E-state index in [0.29, 0.717) is 19.0 Å². The molecule has 0 spiro atoms. The molecule has 0 bridgehead atoms. The summed E-state index contributed by atoms with van der Waals surface area (Å²) in [7, 11) is 0. The van der Waals surface area contributed by atoms with E-state index in [1.165, 1.54) is 15.7 Å². The Morgan fingerprint density at radius 3 is 1.71 bits per heavy atom. The third-order valence-electron chi connectivity index (χ3n) is 8.95. The molecule has 7 heteroatoms. The summed E-state index contributed by atoms with van der Waals surface area (Å²) in [4.78, 5) is 19.3. The van der Waals surface area contributed by atoms with E-state index in [9.17, 15) is 9.90 Å². The van der Waals surface area contributed by atoms with Crippen LogP contribution in [-0.4, -0.2) is 22.9 Å². The van der Waals surface area contributed by atoms with Gasteiger partial charge in [0.05, 0.1) is 0 Å². The average molecular weight is 687 g/mol. The molecule has 6 aromatic carbocycles. The molecule has 7 nitrogen and oxygen atoms in total. The average Bonchev–Trinajstić information content (AvgIpc) is 3.48. The minimum absolute atomic E-state index is 0.172. The van der Waals surface area contributed by atoms with Crippen LogP contribution in [-0.2, 0) is 16.8 Å². The summed E-state index contributed by atoms with van der Waals surface area (Å²) in [5, 5.41) is 11.8. The van der Waals surface area contributed by atoms with Crippen molar-refractivity contribution in [2.75, 3.05) is 13.2 Å². The van der Waals surface area contributed by atoms with E-state index in [4.69, 9.17) is 14.0 Å². The van der Waals surface area contributed by atoms with E-state index in [-0.39, 0.29) is 18.1 Å². The van der Waals surface area contributed by atoms with Crippen LogP contribution in [0.1, 0.15) is 33.6 Å². The van der Waals surface area contributed by atoms with Crippen molar-refractivity contribution < 1.29 is 19.1 Å². The molecule has 52 heavy (non-hydrogen) atoms. The van der Waals surface area contributed by atoms with Crippen LogP contribution in [0.5, 0.6) is 11.6 Å². The molecule has 0 amide bonds. The molecule has 0 fully saturated rings. The number of rotatable bonds is 14. The fourth-order valence-corrected chi connectivity index (χ4v) is 6.49.